The zero-order chi connectivity index (χ0) is 11.8. The maximum atomic E-state index is 9.59. The third-order valence-electron chi connectivity index (χ3n) is 2.94. The van der Waals surface area contributed by atoms with Crippen molar-refractivity contribution in [1.82, 2.24) is 0 Å². The zero-order valence-corrected chi connectivity index (χ0v) is 9.43. The molecule has 1 heterocycles. The molecule has 1 aliphatic heterocycles. The summed E-state index contributed by atoms with van der Waals surface area (Å²) in [5, 5.41) is 9.59. The Morgan fingerprint density at radius 1 is 1.24 bits per heavy atom. The van der Waals surface area contributed by atoms with Crippen LogP contribution in [-0.2, 0) is 6.61 Å². The van der Waals surface area contributed by atoms with Gasteiger partial charge in [-0.2, -0.15) is 0 Å². The molecule has 0 aromatic heterocycles. The number of rotatable bonds is 1. The third kappa shape index (κ3) is 1.51. The van der Waals surface area contributed by atoms with Crippen LogP contribution in [0.3, 0.4) is 0 Å². The lowest BCUT2D eigenvalue weighted by Gasteiger charge is -2.22. The molecule has 0 spiro atoms. The molecule has 2 aromatic rings. The van der Waals surface area contributed by atoms with Gasteiger partial charge in [0.05, 0.1) is 12.7 Å². The summed E-state index contributed by atoms with van der Waals surface area (Å²) in [4.78, 5) is 0. The Morgan fingerprint density at radius 2 is 2.06 bits per heavy atom. The molecular formula is C14H12O3. The van der Waals surface area contributed by atoms with Crippen LogP contribution in [0.4, 0.5) is 0 Å². The molecule has 0 fully saturated rings. The predicted molar refractivity (Wildman–Crippen MR) is 64.4 cm³/mol. The molecule has 2 aromatic carbocycles. The summed E-state index contributed by atoms with van der Waals surface area (Å²) in [6.45, 7) is 0.524. The highest BCUT2D eigenvalue weighted by Crippen LogP contribution is 2.45. The fourth-order valence-corrected chi connectivity index (χ4v) is 2.16. The van der Waals surface area contributed by atoms with E-state index < -0.39 is 0 Å². The van der Waals surface area contributed by atoms with Crippen LogP contribution >= 0.6 is 0 Å². The number of phenols is 1. The van der Waals surface area contributed by atoms with E-state index in [0.717, 1.165) is 16.7 Å². The Labute approximate surface area is 99.2 Å². The van der Waals surface area contributed by atoms with Crippen molar-refractivity contribution < 1.29 is 14.6 Å². The van der Waals surface area contributed by atoms with E-state index in [4.69, 9.17) is 9.47 Å². The largest absolute Gasteiger partial charge is 0.508 e. The van der Waals surface area contributed by atoms with Gasteiger partial charge >= 0.3 is 0 Å². The highest BCUT2D eigenvalue weighted by molar-refractivity contribution is 5.81. The van der Waals surface area contributed by atoms with Gasteiger partial charge in [-0.25, -0.2) is 0 Å². The van der Waals surface area contributed by atoms with Gasteiger partial charge in [0.15, 0.2) is 0 Å². The lowest BCUT2D eigenvalue weighted by atomic mass is 9.96. The Hall–Kier alpha value is -2.16. The fourth-order valence-electron chi connectivity index (χ4n) is 2.16. The van der Waals surface area contributed by atoms with E-state index in [1.807, 2.05) is 24.3 Å². The van der Waals surface area contributed by atoms with Gasteiger partial charge in [0.1, 0.15) is 23.9 Å². The summed E-state index contributed by atoms with van der Waals surface area (Å²) in [6, 6.07) is 11.3. The van der Waals surface area contributed by atoms with Gasteiger partial charge in [0.2, 0.25) is 0 Å². The number of hydrogen-bond acceptors (Lipinski definition) is 3. The van der Waals surface area contributed by atoms with Crippen molar-refractivity contribution in [2.24, 2.45) is 0 Å². The van der Waals surface area contributed by atoms with Gasteiger partial charge in [0, 0.05) is 12.1 Å². The highest BCUT2D eigenvalue weighted by atomic mass is 16.5. The normalized spacial score (nSPS) is 12.3. The Balaban J connectivity index is 2.30. The highest BCUT2D eigenvalue weighted by Gasteiger charge is 2.21. The summed E-state index contributed by atoms with van der Waals surface area (Å²) < 4.78 is 10.9. The first-order valence-electron chi connectivity index (χ1n) is 5.41. The molecule has 86 valence electrons. The molecular weight excluding hydrogens is 216 g/mol. The van der Waals surface area contributed by atoms with E-state index in [-0.39, 0.29) is 5.75 Å². The second-order valence-electron chi connectivity index (χ2n) is 3.97. The van der Waals surface area contributed by atoms with Gasteiger partial charge < -0.3 is 14.6 Å². The molecule has 3 nitrogen and oxygen atoms in total. The number of phenolic OH excluding ortho intramolecular Hbond substituents is 1. The van der Waals surface area contributed by atoms with E-state index in [0.29, 0.717) is 18.1 Å². The molecule has 17 heavy (non-hydrogen) atoms. The predicted octanol–water partition coefficient (Wildman–Crippen LogP) is 2.96. The number of methoxy groups -OCH3 is 1. The van der Waals surface area contributed by atoms with E-state index in [1.54, 1.807) is 19.2 Å². The Kier molecular flexibility index (Phi) is 2.18. The smallest absolute Gasteiger partial charge is 0.135 e. The van der Waals surface area contributed by atoms with Crippen LogP contribution in [0.15, 0.2) is 36.4 Å². The average Bonchev–Trinajstić information content (AvgIpc) is 2.37. The van der Waals surface area contributed by atoms with Gasteiger partial charge in [-0.05, 0) is 11.1 Å². The lowest BCUT2D eigenvalue weighted by Crippen LogP contribution is -2.06. The van der Waals surface area contributed by atoms with E-state index in [9.17, 15) is 5.11 Å². The number of ether oxygens (including phenoxy) is 2. The summed E-state index contributed by atoms with van der Waals surface area (Å²) in [5.74, 6) is 1.45. The van der Waals surface area contributed by atoms with Crippen molar-refractivity contribution in [2.75, 3.05) is 7.11 Å². The summed E-state index contributed by atoms with van der Waals surface area (Å²) in [6.07, 6.45) is 0. The molecule has 3 heteroatoms. The van der Waals surface area contributed by atoms with Crippen molar-refractivity contribution in [2.45, 2.75) is 6.61 Å². The summed E-state index contributed by atoms with van der Waals surface area (Å²) >= 11 is 0. The second-order valence-corrected chi connectivity index (χ2v) is 3.97. The topological polar surface area (TPSA) is 38.7 Å². The van der Waals surface area contributed by atoms with E-state index in [2.05, 4.69) is 0 Å². The van der Waals surface area contributed by atoms with Crippen molar-refractivity contribution in [1.29, 1.82) is 0 Å². The van der Waals surface area contributed by atoms with Crippen LogP contribution in [0.5, 0.6) is 17.2 Å². The summed E-state index contributed by atoms with van der Waals surface area (Å²) in [7, 11) is 1.59. The van der Waals surface area contributed by atoms with Crippen LogP contribution in [0.1, 0.15) is 5.56 Å². The third-order valence-corrected chi connectivity index (χ3v) is 2.94. The summed E-state index contributed by atoms with van der Waals surface area (Å²) in [5.41, 5.74) is 3.14. The quantitative estimate of drug-likeness (QED) is 0.815. The number of benzene rings is 2. The van der Waals surface area contributed by atoms with Crippen LogP contribution < -0.4 is 9.47 Å². The number of aromatic hydroxyl groups is 1. The van der Waals surface area contributed by atoms with Crippen molar-refractivity contribution in [3.63, 3.8) is 0 Å². The Morgan fingerprint density at radius 3 is 2.88 bits per heavy atom. The number of fused-ring (bicyclic) bond motifs is 3. The average molecular weight is 228 g/mol. The van der Waals surface area contributed by atoms with Crippen molar-refractivity contribution in [3.05, 3.63) is 42.0 Å². The van der Waals surface area contributed by atoms with Gasteiger partial charge in [-0.1, -0.05) is 24.3 Å². The minimum atomic E-state index is 0.153. The maximum Gasteiger partial charge on any atom is 0.135 e. The minimum Gasteiger partial charge on any atom is -0.508 e. The first-order chi connectivity index (χ1) is 8.29. The molecule has 0 bridgehead atoms. The molecule has 0 aliphatic carbocycles. The standard InChI is InChI=1S/C14H12O3/c1-16-12-6-10(15)7-13-14(12)11-5-3-2-4-9(11)8-17-13/h2-7,15H,8H2,1H3. The fraction of sp³-hybridized carbons (Fsp3) is 0.143. The van der Waals surface area contributed by atoms with Crippen LogP contribution in [0, 0.1) is 0 Å². The second kappa shape index (κ2) is 3.70. The number of hydrogen-bond donors (Lipinski definition) is 1. The molecule has 0 radical (unpaired) electrons. The molecule has 1 aliphatic rings. The maximum absolute atomic E-state index is 9.59. The first-order valence-corrected chi connectivity index (χ1v) is 5.41. The molecule has 0 saturated heterocycles. The Bertz CT molecular complexity index is 558. The molecule has 0 saturated carbocycles. The first kappa shape index (κ1) is 10.0. The zero-order valence-electron chi connectivity index (χ0n) is 9.43. The van der Waals surface area contributed by atoms with Crippen LogP contribution in [0.25, 0.3) is 11.1 Å². The van der Waals surface area contributed by atoms with Crippen LogP contribution in [0.2, 0.25) is 0 Å². The molecule has 0 unspecified atom stereocenters. The lowest BCUT2D eigenvalue weighted by molar-refractivity contribution is 0.297. The van der Waals surface area contributed by atoms with E-state index >= 15 is 0 Å². The van der Waals surface area contributed by atoms with Crippen molar-refractivity contribution in [3.8, 4) is 28.4 Å². The SMILES string of the molecule is COc1cc(O)cc2c1-c1ccccc1CO2. The van der Waals surface area contributed by atoms with Gasteiger partial charge in [-0.3, -0.25) is 0 Å². The van der Waals surface area contributed by atoms with E-state index in [1.165, 1.54) is 0 Å². The minimum absolute atomic E-state index is 0.153. The van der Waals surface area contributed by atoms with Gasteiger partial charge in [0.25, 0.3) is 0 Å². The molecule has 3 rings (SSSR count). The van der Waals surface area contributed by atoms with Gasteiger partial charge in [-0.15, -0.1) is 0 Å². The van der Waals surface area contributed by atoms with Crippen molar-refractivity contribution >= 4 is 0 Å². The molecule has 0 atom stereocenters. The monoisotopic (exact) mass is 228 g/mol. The molecule has 0 amide bonds. The molecule has 1 N–H and O–H groups in total. The van der Waals surface area contributed by atoms with Crippen LogP contribution in [-0.4, -0.2) is 12.2 Å².